The average Bonchev–Trinajstić information content (AvgIpc) is 2.38. The number of piperidine rings is 1. The number of ether oxygens (including phenoxy) is 1. The number of hydrogen-bond donors (Lipinski definition) is 1. The molecule has 0 unspecified atom stereocenters. The van der Waals surface area contributed by atoms with Crippen LogP contribution < -0.4 is 10.1 Å². The third-order valence-corrected chi connectivity index (χ3v) is 3.20. The van der Waals surface area contributed by atoms with Gasteiger partial charge >= 0.3 is 6.18 Å². The molecule has 1 aliphatic heterocycles. The highest BCUT2D eigenvalue weighted by Gasteiger charge is 2.32. The number of benzene rings is 1. The lowest BCUT2D eigenvalue weighted by Gasteiger charge is -2.25. The molecule has 1 saturated heterocycles. The highest BCUT2D eigenvalue weighted by atomic mass is 35.5. The predicted molar refractivity (Wildman–Crippen MR) is 69.8 cm³/mol. The summed E-state index contributed by atoms with van der Waals surface area (Å²) in [6, 6.07) is 3.92. The zero-order valence-electron chi connectivity index (χ0n) is 10.6. The molecule has 1 aromatic carbocycles. The first kappa shape index (κ1) is 16.1. The SMILES string of the molecule is COc1cc([C@@H]2CCCCN2)cc(C(F)(F)F)c1.Cl. The fraction of sp³-hybridized carbons (Fsp3) is 0.538. The Bertz CT molecular complexity index is 417. The molecule has 0 amide bonds. The van der Waals surface area contributed by atoms with Gasteiger partial charge in [-0.25, -0.2) is 0 Å². The zero-order chi connectivity index (χ0) is 13.2. The van der Waals surface area contributed by atoms with Gasteiger partial charge in [0.15, 0.2) is 0 Å². The molecule has 19 heavy (non-hydrogen) atoms. The quantitative estimate of drug-likeness (QED) is 0.892. The maximum Gasteiger partial charge on any atom is 0.416 e. The van der Waals surface area contributed by atoms with Crippen LogP contribution in [-0.2, 0) is 6.18 Å². The molecule has 0 radical (unpaired) electrons. The minimum Gasteiger partial charge on any atom is -0.497 e. The van der Waals surface area contributed by atoms with Gasteiger partial charge in [-0.1, -0.05) is 6.42 Å². The molecule has 1 fully saturated rings. The van der Waals surface area contributed by atoms with Crippen molar-refractivity contribution in [3.05, 3.63) is 29.3 Å². The summed E-state index contributed by atoms with van der Waals surface area (Å²) >= 11 is 0. The van der Waals surface area contributed by atoms with Gasteiger partial charge in [0.1, 0.15) is 5.75 Å². The van der Waals surface area contributed by atoms with Crippen molar-refractivity contribution in [3.63, 3.8) is 0 Å². The molecular formula is C13H17ClF3NO. The van der Waals surface area contributed by atoms with Crippen molar-refractivity contribution in [2.75, 3.05) is 13.7 Å². The van der Waals surface area contributed by atoms with Crippen LogP contribution in [0.15, 0.2) is 18.2 Å². The molecular weight excluding hydrogens is 279 g/mol. The molecule has 1 aliphatic rings. The number of methoxy groups -OCH3 is 1. The largest absolute Gasteiger partial charge is 0.497 e. The Morgan fingerprint density at radius 1 is 1.21 bits per heavy atom. The Morgan fingerprint density at radius 3 is 2.47 bits per heavy atom. The van der Waals surface area contributed by atoms with E-state index >= 15 is 0 Å². The van der Waals surface area contributed by atoms with Crippen molar-refractivity contribution >= 4 is 12.4 Å². The summed E-state index contributed by atoms with van der Waals surface area (Å²) < 4.78 is 43.3. The molecule has 0 saturated carbocycles. The minimum absolute atomic E-state index is 0. The zero-order valence-corrected chi connectivity index (χ0v) is 11.4. The Hall–Kier alpha value is -0.940. The van der Waals surface area contributed by atoms with Crippen LogP contribution in [0.1, 0.15) is 36.4 Å². The second-order valence-corrected chi connectivity index (χ2v) is 4.50. The lowest BCUT2D eigenvalue weighted by atomic mass is 9.96. The second-order valence-electron chi connectivity index (χ2n) is 4.50. The first-order valence-electron chi connectivity index (χ1n) is 6.00. The van der Waals surface area contributed by atoms with E-state index in [0.29, 0.717) is 5.56 Å². The van der Waals surface area contributed by atoms with E-state index in [1.165, 1.54) is 13.2 Å². The smallest absolute Gasteiger partial charge is 0.416 e. The van der Waals surface area contributed by atoms with Crippen molar-refractivity contribution in [2.45, 2.75) is 31.5 Å². The number of halogens is 4. The van der Waals surface area contributed by atoms with Crippen LogP contribution in [0.4, 0.5) is 13.2 Å². The molecule has 2 rings (SSSR count). The molecule has 1 N–H and O–H groups in total. The maximum atomic E-state index is 12.8. The standard InChI is InChI=1S/C13H16F3NO.ClH/c1-18-11-7-9(12-4-2-3-5-17-12)6-10(8-11)13(14,15)16;/h6-8,12,17H,2-5H2,1H3;1H/t12-;/m0./s1. The molecule has 1 atom stereocenters. The molecule has 108 valence electrons. The second kappa shape index (κ2) is 6.48. The number of nitrogens with one attached hydrogen (secondary N) is 1. The van der Waals surface area contributed by atoms with Gasteiger partial charge in [-0.05, 0) is 43.1 Å². The summed E-state index contributed by atoms with van der Waals surface area (Å²) in [4.78, 5) is 0. The predicted octanol–water partition coefficient (Wildman–Crippen LogP) is 3.95. The van der Waals surface area contributed by atoms with Crippen LogP contribution >= 0.6 is 12.4 Å². The summed E-state index contributed by atoms with van der Waals surface area (Å²) in [5.41, 5.74) is 0.00518. The van der Waals surface area contributed by atoms with Gasteiger partial charge in [0.25, 0.3) is 0 Å². The third-order valence-electron chi connectivity index (χ3n) is 3.20. The molecule has 0 aliphatic carbocycles. The third kappa shape index (κ3) is 4.01. The van der Waals surface area contributed by atoms with E-state index in [-0.39, 0.29) is 24.2 Å². The van der Waals surface area contributed by atoms with Gasteiger partial charge in [-0.2, -0.15) is 13.2 Å². The van der Waals surface area contributed by atoms with Crippen LogP contribution in [0.25, 0.3) is 0 Å². The van der Waals surface area contributed by atoms with E-state index in [2.05, 4.69) is 5.32 Å². The average molecular weight is 296 g/mol. The molecule has 0 aromatic heterocycles. The summed E-state index contributed by atoms with van der Waals surface area (Å²) in [5.74, 6) is 0.257. The Balaban J connectivity index is 0.00000180. The monoisotopic (exact) mass is 295 g/mol. The summed E-state index contributed by atoms with van der Waals surface area (Å²) in [7, 11) is 1.38. The fourth-order valence-corrected chi connectivity index (χ4v) is 2.24. The van der Waals surface area contributed by atoms with Gasteiger partial charge in [-0.15, -0.1) is 12.4 Å². The van der Waals surface area contributed by atoms with E-state index in [4.69, 9.17) is 4.74 Å². The molecule has 2 nitrogen and oxygen atoms in total. The van der Waals surface area contributed by atoms with E-state index < -0.39 is 11.7 Å². The molecule has 0 bridgehead atoms. The summed E-state index contributed by atoms with van der Waals surface area (Å²) in [6.45, 7) is 0.850. The minimum atomic E-state index is -4.34. The van der Waals surface area contributed by atoms with Crippen LogP contribution in [0.3, 0.4) is 0 Å². The van der Waals surface area contributed by atoms with E-state index in [1.54, 1.807) is 6.07 Å². The first-order chi connectivity index (χ1) is 8.50. The van der Waals surface area contributed by atoms with Gasteiger partial charge in [0, 0.05) is 6.04 Å². The van der Waals surface area contributed by atoms with Crippen LogP contribution in [0.5, 0.6) is 5.75 Å². The first-order valence-corrected chi connectivity index (χ1v) is 6.00. The molecule has 1 heterocycles. The topological polar surface area (TPSA) is 21.3 Å². The molecule has 0 spiro atoms. The van der Waals surface area contributed by atoms with Crippen molar-refractivity contribution in [1.82, 2.24) is 5.32 Å². The van der Waals surface area contributed by atoms with Crippen LogP contribution in [-0.4, -0.2) is 13.7 Å². The normalized spacial score (nSPS) is 19.7. The van der Waals surface area contributed by atoms with Gasteiger partial charge < -0.3 is 10.1 Å². The van der Waals surface area contributed by atoms with Crippen LogP contribution in [0, 0.1) is 0 Å². The maximum absolute atomic E-state index is 12.8. The number of alkyl halides is 3. The van der Waals surface area contributed by atoms with Gasteiger partial charge in [-0.3, -0.25) is 0 Å². The lowest BCUT2D eigenvalue weighted by molar-refractivity contribution is -0.137. The van der Waals surface area contributed by atoms with Crippen molar-refractivity contribution in [1.29, 1.82) is 0 Å². The Kier molecular flexibility index (Phi) is 5.50. The highest BCUT2D eigenvalue weighted by molar-refractivity contribution is 5.85. The number of rotatable bonds is 2. The Labute approximate surface area is 116 Å². The van der Waals surface area contributed by atoms with Crippen molar-refractivity contribution < 1.29 is 17.9 Å². The Morgan fingerprint density at radius 2 is 1.95 bits per heavy atom. The highest BCUT2D eigenvalue weighted by Crippen LogP contribution is 2.35. The van der Waals surface area contributed by atoms with E-state index in [9.17, 15) is 13.2 Å². The lowest BCUT2D eigenvalue weighted by Crippen LogP contribution is -2.27. The molecule has 1 aromatic rings. The number of hydrogen-bond acceptors (Lipinski definition) is 2. The van der Waals surface area contributed by atoms with Gasteiger partial charge in [0.2, 0.25) is 0 Å². The fourth-order valence-electron chi connectivity index (χ4n) is 2.24. The summed E-state index contributed by atoms with van der Waals surface area (Å²) in [5, 5.41) is 3.24. The van der Waals surface area contributed by atoms with Crippen molar-refractivity contribution in [3.8, 4) is 5.75 Å². The van der Waals surface area contributed by atoms with Crippen LogP contribution in [0.2, 0.25) is 0 Å². The van der Waals surface area contributed by atoms with Crippen molar-refractivity contribution in [2.24, 2.45) is 0 Å². The van der Waals surface area contributed by atoms with Gasteiger partial charge in [0.05, 0.1) is 12.7 Å². The van der Waals surface area contributed by atoms with E-state index in [0.717, 1.165) is 31.9 Å². The van der Waals surface area contributed by atoms with E-state index in [1.807, 2.05) is 0 Å². The summed E-state index contributed by atoms with van der Waals surface area (Å²) in [6.07, 6.45) is -1.36. The molecule has 6 heteroatoms.